The summed E-state index contributed by atoms with van der Waals surface area (Å²) in [6.07, 6.45) is -1.48. The number of amides is 1. The van der Waals surface area contributed by atoms with E-state index < -0.39 is 17.8 Å². The van der Waals surface area contributed by atoms with E-state index in [4.69, 9.17) is 14.6 Å². The van der Waals surface area contributed by atoms with Gasteiger partial charge in [-0.25, -0.2) is 0 Å². The lowest BCUT2D eigenvalue weighted by molar-refractivity contribution is -0.274. The van der Waals surface area contributed by atoms with Crippen molar-refractivity contribution in [3.63, 3.8) is 0 Å². The number of H-pyrrole nitrogens is 1. The smallest absolute Gasteiger partial charge is 0.491 e. The summed E-state index contributed by atoms with van der Waals surface area (Å²) < 4.78 is 47.6. The topological polar surface area (TPSA) is 131 Å². The molecule has 1 aliphatic heterocycles. The average Bonchev–Trinajstić information content (AvgIpc) is 2.89. The fourth-order valence-corrected chi connectivity index (χ4v) is 4.27. The Morgan fingerprint density at radius 1 is 1.16 bits per heavy atom. The number of ether oxygens (including phenoxy) is 2. The summed E-state index contributed by atoms with van der Waals surface area (Å²) in [5, 5.41) is 10.9. The number of pyridine rings is 2. The van der Waals surface area contributed by atoms with Gasteiger partial charge in [-0.05, 0) is 53.4 Å². The van der Waals surface area contributed by atoms with Crippen LogP contribution in [0.15, 0.2) is 77.9 Å². The number of carbonyl (C=O) groups excluding carboxylic acids is 1. The van der Waals surface area contributed by atoms with E-state index in [0.29, 0.717) is 27.8 Å². The first-order valence-corrected chi connectivity index (χ1v) is 11.1. The number of carboxylic acid groups (broad SMARTS) is 1. The zero-order valence-electron chi connectivity index (χ0n) is 19.5. The molecule has 38 heavy (non-hydrogen) atoms. The molecule has 196 valence electrons. The molecule has 5 rings (SSSR count). The average molecular weight is 527 g/mol. The van der Waals surface area contributed by atoms with E-state index in [0.717, 1.165) is 0 Å². The van der Waals surface area contributed by atoms with Gasteiger partial charge in [0.05, 0.1) is 6.61 Å². The van der Waals surface area contributed by atoms with Crippen LogP contribution in [0.3, 0.4) is 0 Å². The van der Waals surface area contributed by atoms with Crippen LogP contribution in [0, 0.1) is 0 Å². The second-order valence-electron chi connectivity index (χ2n) is 8.09. The largest absolute Gasteiger partial charge is 0.573 e. The third-order valence-electron chi connectivity index (χ3n) is 5.85. The number of nitrogens with one attached hydrogen (secondary N) is 2. The molecule has 0 radical (unpaired) electrons. The van der Waals surface area contributed by atoms with Gasteiger partial charge in [-0.15, -0.1) is 13.2 Å². The number of carbonyl (C=O) groups is 2. The first-order valence-electron chi connectivity index (χ1n) is 11.1. The standard InChI is InChI=1S/C25H18F3N3O4.CH2O2/c26-25(27,28)35-18-7-5-17(6-8-18)24(10-13-34-20-2-1-11-29-21(20)24)31-22(32)16-4-3-15-9-12-30-23(33)19(15)14-16;2-1-3/h1-9,11-12,14H,10,13H2,(H,30,33)(H,31,32);1H,(H,2,3). The minimum atomic E-state index is -4.83. The number of nitrogens with zero attached hydrogens (tertiary/aromatic N) is 1. The molecule has 3 N–H and O–H groups in total. The molecule has 0 saturated heterocycles. The molecule has 0 spiro atoms. The predicted molar refractivity (Wildman–Crippen MR) is 129 cm³/mol. The molecular formula is C26H20F3N3O6. The van der Waals surface area contributed by atoms with Crippen molar-refractivity contribution >= 4 is 23.2 Å². The van der Waals surface area contributed by atoms with E-state index in [1.807, 2.05) is 0 Å². The first-order chi connectivity index (χ1) is 18.2. The number of fused-ring (bicyclic) bond motifs is 2. The van der Waals surface area contributed by atoms with E-state index in [1.54, 1.807) is 36.5 Å². The van der Waals surface area contributed by atoms with Crippen molar-refractivity contribution in [1.29, 1.82) is 0 Å². The Balaban J connectivity index is 0.00000107. The van der Waals surface area contributed by atoms with Crippen LogP contribution in [0.4, 0.5) is 13.2 Å². The molecule has 2 aromatic heterocycles. The molecule has 0 saturated carbocycles. The Kier molecular flexibility index (Phi) is 7.33. The molecule has 1 atom stereocenters. The molecule has 2 aromatic carbocycles. The van der Waals surface area contributed by atoms with Crippen molar-refractivity contribution in [2.24, 2.45) is 0 Å². The highest BCUT2D eigenvalue weighted by Crippen LogP contribution is 2.41. The lowest BCUT2D eigenvalue weighted by Gasteiger charge is -2.39. The molecule has 0 fully saturated rings. The highest BCUT2D eigenvalue weighted by Gasteiger charge is 2.43. The Hall–Kier alpha value is -4.87. The van der Waals surface area contributed by atoms with Crippen molar-refractivity contribution in [2.75, 3.05) is 6.61 Å². The predicted octanol–water partition coefficient (Wildman–Crippen LogP) is 3.98. The van der Waals surface area contributed by atoms with Crippen LogP contribution < -0.4 is 20.3 Å². The third kappa shape index (κ3) is 5.43. The first kappa shape index (κ1) is 26.2. The number of aromatic amines is 1. The minimum absolute atomic E-state index is 0.233. The van der Waals surface area contributed by atoms with Crippen LogP contribution in [0.25, 0.3) is 10.8 Å². The number of hydrogen-bond donors (Lipinski definition) is 3. The van der Waals surface area contributed by atoms with Gasteiger partial charge in [0.15, 0.2) is 0 Å². The maximum Gasteiger partial charge on any atom is 0.573 e. The molecule has 1 amide bonds. The Morgan fingerprint density at radius 3 is 2.61 bits per heavy atom. The van der Waals surface area contributed by atoms with Gasteiger partial charge < -0.3 is 24.9 Å². The van der Waals surface area contributed by atoms with Gasteiger partial charge in [-0.3, -0.25) is 19.4 Å². The van der Waals surface area contributed by atoms with Crippen LogP contribution in [0.2, 0.25) is 0 Å². The molecule has 12 heteroatoms. The van der Waals surface area contributed by atoms with Gasteiger partial charge in [-0.2, -0.15) is 0 Å². The van der Waals surface area contributed by atoms with Gasteiger partial charge in [-0.1, -0.05) is 18.2 Å². The summed E-state index contributed by atoms with van der Waals surface area (Å²) in [4.78, 5) is 41.0. The number of alkyl halides is 3. The molecule has 1 unspecified atom stereocenters. The van der Waals surface area contributed by atoms with Crippen molar-refractivity contribution < 1.29 is 37.3 Å². The molecule has 9 nitrogen and oxygen atoms in total. The van der Waals surface area contributed by atoms with Gasteiger partial charge in [0.25, 0.3) is 17.9 Å². The second-order valence-corrected chi connectivity index (χ2v) is 8.09. The molecule has 4 aromatic rings. The summed E-state index contributed by atoms with van der Waals surface area (Å²) in [6.45, 7) is -0.0167. The monoisotopic (exact) mass is 527 g/mol. The van der Waals surface area contributed by atoms with E-state index in [1.165, 1.54) is 36.5 Å². The van der Waals surface area contributed by atoms with E-state index in [2.05, 4.69) is 20.0 Å². The lowest BCUT2D eigenvalue weighted by atomic mass is 9.81. The maximum atomic E-state index is 13.4. The Morgan fingerprint density at radius 2 is 1.89 bits per heavy atom. The van der Waals surface area contributed by atoms with E-state index >= 15 is 0 Å². The van der Waals surface area contributed by atoms with Crippen molar-refractivity contribution in [2.45, 2.75) is 18.3 Å². The van der Waals surface area contributed by atoms with E-state index in [9.17, 15) is 22.8 Å². The summed E-state index contributed by atoms with van der Waals surface area (Å²) in [7, 11) is 0. The number of rotatable bonds is 4. The number of hydrogen-bond acceptors (Lipinski definition) is 6. The normalized spacial score (nSPS) is 16.3. The van der Waals surface area contributed by atoms with Crippen molar-refractivity contribution in [3.05, 3.63) is 100 Å². The number of benzene rings is 2. The zero-order chi connectivity index (χ0) is 27.3. The lowest BCUT2D eigenvalue weighted by Crippen LogP contribution is -2.50. The Labute approximate surface area is 212 Å². The molecule has 0 aliphatic carbocycles. The molecule has 1 aliphatic rings. The fraction of sp³-hybridized carbons (Fsp3) is 0.154. The van der Waals surface area contributed by atoms with Crippen molar-refractivity contribution in [3.8, 4) is 11.5 Å². The SMILES string of the molecule is O=C(NC1(c2ccc(OC(F)(F)F)cc2)CCOc2cccnc21)c1ccc2cc[nH]c(=O)c2c1.O=CO. The molecule has 3 heterocycles. The zero-order valence-corrected chi connectivity index (χ0v) is 19.5. The summed E-state index contributed by atoms with van der Waals surface area (Å²) in [5.74, 6) is -0.418. The minimum Gasteiger partial charge on any atom is -0.491 e. The van der Waals surface area contributed by atoms with Gasteiger partial charge in [0.2, 0.25) is 0 Å². The van der Waals surface area contributed by atoms with Gasteiger partial charge >= 0.3 is 6.36 Å². The maximum absolute atomic E-state index is 13.4. The molecular weight excluding hydrogens is 507 g/mol. The number of halogens is 3. The van der Waals surface area contributed by atoms with Crippen LogP contribution in [0.1, 0.15) is 28.0 Å². The van der Waals surface area contributed by atoms with Crippen molar-refractivity contribution in [1.82, 2.24) is 15.3 Å². The molecule has 0 bridgehead atoms. The van der Waals surface area contributed by atoms with Gasteiger partial charge in [0, 0.05) is 29.8 Å². The highest BCUT2D eigenvalue weighted by molar-refractivity contribution is 5.99. The van der Waals surface area contributed by atoms with E-state index in [-0.39, 0.29) is 36.4 Å². The van der Waals surface area contributed by atoms with Crippen LogP contribution in [-0.2, 0) is 10.3 Å². The van der Waals surface area contributed by atoms with Gasteiger partial charge in [0.1, 0.15) is 22.7 Å². The summed E-state index contributed by atoms with van der Waals surface area (Å²) in [6, 6.07) is 15.2. The van der Waals surface area contributed by atoms with Crippen LogP contribution in [0.5, 0.6) is 11.5 Å². The quantitative estimate of drug-likeness (QED) is 0.342. The number of aromatic nitrogens is 2. The Bertz CT molecular complexity index is 1520. The summed E-state index contributed by atoms with van der Waals surface area (Å²) >= 11 is 0. The van der Waals surface area contributed by atoms with Crippen LogP contribution >= 0.6 is 0 Å². The third-order valence-corrected chi connectivity index (χ3v) is 5.85. The second kappa shape index (κ2) is 10.6. The fourth-order valence-electron chi connectivity index (χ4n) is 4.27. The van der Waals surface area contributed by atoms with Crippen LogP contribution in [-0.4, -0.2) is 40.4 Å². The highest BCUT2D eigenvalue weighted by atomic mass is 19.4. The summed E-state index contributed by atoms with van der Waals surface area (Å²) in [5.41, 5.74) is -0.356.